The van der Waals surface area contributed by atoms with E-state index in [9.17, 15) is 4.79 Å². The van der Waals surface area contributed by atoms with Crippen LogP contribution in [0.15, 0.2) is 48.5 Å². The monoisotopic (exact) mass is 413 g/mol. The van der Waals surface area contributed by atoms with Gasteiger partial charge in [-0.1, -0.05) is 35.9 Å². The molecule has 2 aromatic rings. The number of amides is 1. The predicted molar refractivity (Wildman–Crippen MR) is 115 cm³/mol. The Labute approximate surface area is 177 Å². The number of ether oxygens (including phenoxy) is 1. The Morgan fingerprint density at radius 2 is 1.48 bits per heavy atom. The van der Waals surface area contributed by atoms with E-state index < -0.39 is 0 Å². The van der Waals surface area contributed by atoms with Crippen LogP contribution < -0.4 is 0 Å². The van der Waals surface area contributed by atoms with Crippen LogP contribution in [0.1, 0.15) is 21.5 Å². The molecule has 0 unspecified atom stereocenters. The normalized spacial score (nSPS) is 18.7. The number of hydrogen-bond donors (Lipinski definition) is 0. The zero-order valence-electron chi connectivity index (χ0n) is 16.7. The van der Waals surface area contributed by atoms with E-state index in [1.165, 1.54) is 11.1 Å². The van der Waals surface area contributed by atoms with Gasteiger partial charge in [0, 0.05) is 62.9 Å². The molecule has 0 atom stereocenters. The van der Waals surface area contributed by atoms with Crippen LogP contribution in [0.25, 0.3) is 0 Å². The van der Waals surface area contributed by atoms with Crippen molar-refractivity contribution in [2.45, 2.75) is 13.1 Å². The van der Waals surface area contributed by atoms with Crippen molar-refractivity contribution in [2.75, 3.05) is 52.5 Å². The first-order valence-corrected chi connectivity index (χ1v) is 10.7. The summed E-state index contributed by atoms with van der Waals surface area (Å²) in [6, 6.07) is 16.1. The average Bonchev–Trinajstić information content (AvgIpc) is 2.76. The van der Waals surface area contributed by atoms with Gasteiger partial charge in [-0.15, -0.1) is 0 Å². The molecule has 0 spiro atoms. The molecule has 5 nitrogen and oxygen atoms in total. The number of carbonyl (C=O) groups is 1. The van der Waals surface area contributed by atoms with Crippen LogP contribution in [0.4, 0.5) is 0 Å². The van der Waals surface area contributed by atoms with Gasteiger partial charge in [0.25, 0.3) is 5.91 Å². The Balaban J connectivity index is 1.31. The Bertz CT molecular complexity index is 813. The highest BCUT2D eigenvalue weighted by atomic mass is 35.5. The third kappa shape index (κ3) is 5.58. The average molecular weight is 414 g/mol. The van der Waals surface area contributed by atoms with Gasteiger partial charge < -0.3 is 9.64 Å². The van der Waals surface area contributed by atoms with E-state index in [2.05, 4.69) is 34.1 Å². The molecule has 2 fully saturated rings. The number of benzene rings is 2. The molecule has 0 aromatic heterocycles. The van der Waals surface area contributed by atoms with Crippen molar-refractivity contribution in [2.24, 2.45) is 0 Å². The van der Waals surface area contributed by atoms with Crippen LogP contribution in [0.5, 0.6) is 0 Å². The summed E-state index contributed by atoms with van der Waals surface area (Å²) in [7, 11) is 0. The topological polar surface area (TPSA) is 36.0 Å². The quantitative estimate of drug-likeness (QED) is 0.754. The second-order valence-electron chi connectivity index (χ2n) is 7.78. The largest absolute Gasteiger partial charge is 0.379 e. The molecule has 2 saturated heterocycles. The van der Waals surface area contributed by atoms with E-state index in [0.717, 1.165) is 76.2 Å². The molecule has 0 N–H and O–H groups in total. The lowest BCUT2D eigenvalue weighted by molar-refractivity contribution is 0.0341. The van der Waals surface area contributed by atoms with E-state index in [4.69, 9.17) is 16.3 Å². The van der Waals surface area contributed by atoms with Crippen molar-refractivity contribution < 1.29 is 9.53 Å². The van der Waals surface area contributed by atoms with Crippen molar-refractivity contribution >= 4 is 17.5 Å². The molecule has 29 heavy (non-hydrogen) atoms. The van der Waals surface area contributed by atoms with Crippen molar-refractivity contribution in [1.82, 2.24) is 14.7 Å². The van der Waals surface area contributed by atoms with Gasteiger partial charge in [-0.05, 0) is 35.4 Å². The Hall–Kier alpha value is -1.92. The number of carbonyl (C=O) groups excluding carboxylic acids is 1. The lowest BCUT2D eigenvalue weighted by atomic mass is 10.1. The first kappa shape index (κ1) is 20.4. The molecule has 0 saturated carbocycles. The predicted octanol–water partition coefficient (Wildman–Crippen LogP) is 3.13. The summed E-state index contributed by atoms with van der Waals surface area (Å²) in [6.45, 7) is 8.57. The minimum atomic E-state index is 0.139. The summed E-state index contributed by atoms with van der Waals surface area (Å²) >= 11 is 5.97. The van der Waals surface area contributed by atoms with Crippen LogP contribution in [-0.4, -0.2) is 73.1 Å². The highest BCUT2D eigenvalue weighted by Crippen LogP contribution is 2.16. The first-order chi connectivity index (χ1) is 14.2. The molecule has 0 aliphatic carbocycles. The molecule has 1 amide bonds. The lowest BCUT2D eigenvalue weighted by Crippen LogP contribution is -2.48. The Morgan fingerprint density at radius 3 is 2.21 bits per heavy atom. The second kappa shape index (κ2) is 9.72. The minimum Gasteiger partial charge on any atom is -0.379 e. The molecule has 0 bridgehead atoms. The van der Waals surface area contributed by atoms with Crippen molar-refractivity contribution in [1.29, 1.82) is 0 Å². The molecule has 2 aliphatic heterocycles. The zero-order chi connectivity index (χ0) is 20.1. The standard InChI is InChI=1S/C23H28ClN3O2/c24-22-6-4-19(5-7-22)17-25-8-10-27(11-9-25)23(28)21-3-1-2-20(16-21)18-26-12-14-29-15-13-26/h1-7,16H,8-15,17-18H2. The van der Waals surface area contributed by atoms with Crippen LogP contribution in [0.2, 0.25) is 5.02 Å². The summed E-state index contributed by atoms with van der Waals surface area (Å²) in [6.07, 6.45) is 0. The molecule has 4 rings (SSSR count). The molecular weight excluding hydrogens is 386 g/mol. The Kier molecular flexibility index (Phi) is 6.82. The van der Waals surface area contributed by atoms with Gasteiger partial charge in [0.2, 0.25) is 0 Å². The third-order valence-corrected chi connectivity index (χ3v) is 5.91. The van der Waals surface area contributed by atoms with Gasteiger partial charge in [-0.3, -0.25) is 14.6 Å². The fourth-order valence-electron chi connectivity index (χ4n) is 3.96. The first-order valence-electron chi connectivity index (χ1n) is 10.3. The number of piperazine rings is 1. The van der Waals surface area contributed by atoms with Crippen molar-refractivity contribution in [3.63, 3.8) is 0 Å². The van der Waals surface area contributed by atoms with Gasteiger partial charge in [0.05, 0.1) is 13.2 Å². The zero-order valence-corrected chi connectivity index (χ0v) is 17.5. The second-order valence-corrected chi connectivity index (χ2v) is 8.22. The third-order valence-electron chi connectivity index (χ3n) is 5.66. The summed E-state index contributed by atoms with van der Waals surface area (Å²) < 4.78 is 5.42. The molecule has 154 valence electrons. The van der Waals surface area contributed by atoms with E-state index in [1.54, 1.807) is 0 Å². The molecule has 2 heterocycles. The van der Waals surface area contributed by atoms with Gasteiger partial charge in [0.1, 0.15) is 0 Å². The maximum Gasteiger partial charge on any atom is 0.253 e. The van der Waals surface area contributed by atoms with Crippen molar-refractivity contribution in [3.8, 4) is 0 Å². The van der Waals surface area contributed by atoms with Gasteiger partial charge >= 0.3 is 0 Å². The molecular formula is C23H28ClN3O2. The van der Waals surface area contributed by atoms with E-state index >= 15 is 0 Å². The fraction of sp³-hybridized carbons (Fsp3) is 0.435. The molecule has 2 aliphatic rings. The molecule has 2 aromatic carbocycles. The van der Waals surface area contributed by atoms with E-state index in [1.807, 2.05) is 29.2 Å². The summed E-state index contributed by atoms with van der Waals surface area (Å²) in [5.74, 6) is 0.139. The molecule has 6 heteroatoms. The van der Waals surface area contributed by atoms with Crippen LogP contribution in [-0.2, 0) is 17.8 Å². The lowest BCUT2D eigenvalue weighted by Gasteiger charge is -2.35. The van der Waals surface area contributed by atoms with Crippen LogP contribution in [0.3, 0.4) is 0 Å². The number of rotatable bonds is 5. The van der Waals surface area contributed by atoms with Crippen molar-refractivity contribution in [3.05, 3.63) is 70.2 Å². The van der Waals surface area contributed by atoms with Crippen LogP contribution >= 0.6 is 11.6 Å². The Morgan fingerprint density at radius 1 is 0.828 bits per heavy atom. The maximum atomic E-state index is 13.0. The smallest absolute Gasteiger partial charge is 0.253 e. The molecule has 0 radical (unpaired) electrons. The minimum absolute atomic E-state index is 0.139. The summed E-state index contributed by atoms with van der Waals surface area (Å²) in [5, 5.41) is 0.764. The SMILES string of the molecule is O=C(c1cccc(CN2CCOCC2)c1)N1CCN(Cc2ccc(Cl)cc2)CC1. The summed E-state index contributed by atoms with van der Waals surface area (Å²) in [5.41, 5.74) is 3.24. The van der Waals surface area contributed by atoms with Gasteiger partial charge in [0.15, 0.2) is 0 Å². The number of nitrogens with zero attached hydrogens (tertiary/aromatic N) is 3. The number of halogens is 1. The van der Waals surface area contributed by atoms with E-state index in [0.29, 0.717) is 0 Å². The highest BCUT2D eigenvalue weighted by Gasteiger charge is 2.22. The summed E-state index contributed by atoms with van der Waals surface area (Å²) in [4.78, 5) is 19.8. The van der Waals surface area contributed by atoms with Gasteiger partial charge in [-0.25, -0.2) is 0 Å². The van der Waals surface area contributed by atoms with Gasteiger partial charge in [-0.2, -0.15) is 0 Å². The van der Waals surface area contributed by atoms with Crippen LogP contribution in [0, 0.1) is 0 Å². The fourth-order valence-corrected chi connectivity index (χ4v) is 4.09. The highest BCUT2D eigenvalue weighted by molar-refractivity contribution is 6.30. The number of hydrogen-bond acceptors (Lipinski definition) is 4. The maximum absolute atomic E-state index is 13.0. The van der Waals surface area contributed by atoms with E-state index in [-0.39, 0.29) is 5.91 Å². The number of morpholine rings is 1.